The topological polar surface area (TPSA) is 55.4 Å². The van der Waals surface area contributed by atoms with Crippen LogP contribution in [-0.4, -0.2) is 113 Å². The van der Waals surface area contributed by atoms with Gasteiger partial charge in [-0.05, 0) is 34.4 Å². The van der Waals surface area contributed by atoms with E-state index in [0.717, 1.165) is 77.9 Å². The first kappa shape index (κ1) is 22.2. The minimum atomic E-state index is 0.487. The third-order valence-corrected chi connectivity index (χ3v) is 4.69. The summed E-state index contributed by atoms with van der Waals surface area (Å²) >= 11 is 0. The molecule has 1 heterocycles. The Hall–Kier alpha value is -0.890. The maximum Gasteiger partial charge on any atom is 0.191 e. The second-order valence-electron chi connectivity index (χ2n) is 6.98. The predicted molar refractivity (Wildman–Crippen MR) is 107 cm³/mol. The smallest absolute Gasteiger partial charge is 0.191 e. The lowest BCUT2D eigenvalue weighted by atomic mass is 10.2. The minimum absolute atomic E-state index is 0.487. The highest BCUT2D eigenvalue weighted by Crippen LogP contribution is 2.05. The summed E-state index contributed by atoms with van der Waals surface area (Å²) in [4.78, 5) is 12.0. The van der Waals surface area contributed by atoms with Crippen molar-refractivity contribution in [3.05, 3.63) is 0 Å². The van der Waals surface area contributed by atoms with Gasteiger partial charge in [0.2, 0.25) is 0 Å². The van der Waals surface area contributed by atoms with Crippen LogP contribution in [0.5, 0.6) is 0 Å². The molecular weight excluding hydrogens is 316 g/mol. The van der Waals surface area contributed by atoms with Crippen molar-refractivity contribution in [1.29, 1.82) is 0 Å². The van der Waals surface area contributed by atoms with Gasteiger partial charge in [0, 0.05) is 72.1 Å². The van der Waals surface area contributed by atoms with Crippen LogP contribution in [0, 0.1) is 0 Å². The van der Waals surface area contributed by atoms with Crippen molar-refractivity contribution in [2.24, 2.45) is 4.99 Å². The SMILES string of the molecule is CCNC(=NCC(C)N1CCN(C)CC1)NCCN(C)CCCOC. The van der Waals surface area contributed by atoms with E-state index in [1.165, 1.54) is 0 Å². The summed E-state index contributed by atoms with van der Waals surface area (Å²) in [6, 6.07) is 0.487. The quantitative estimate of drug-likeness (QED) is 0.312. The van der Waals surface area contributed by atoms with E-state index in [4.69, 9.17) is 9.73 Å². The Bertz CT molecular complexity index is 357. The van der Waals surface area contributed by atoms with Crippen molar-refractivity contribution < 1.29 is 4.74 Å². The molecule has 148 valence electrons. The second-order valence-corrected chi connectivity index (χ2v) is 6.98. The fourth-order valence-corrected chi connectivity index (χ4v) is 2.90. The summed E-state index contributed by atoms with van der Waals surface area (Å²) in [7, 11) is 6.10. The lowest BCUT2D eigenvalue weighted by molar-refractivity contribution is 0.122. The molecule has 7 nitrogen and oxygen atoms in total. The molecule has 0 amide bonds. The molecule has 0 aromatic rings. The summed E-state index contributed by atoms with van der Waals surface area (Å²) in [5.41, 5.74) is 0. The average Bonchev–Trinajstić information content (AvgIpc) is 2.60. The van der Waals surface area contributed by atoms with E-state index < -0.39 is 0 Å². The highest BCUT2D eigenvalue weighted by Gasteiger charge is 2.18. The molecule has 7 heteroatoms. The normalized spacial score (nSPS) is 18.6. The first-order valence-electron chi connectivity index (χ1n) is 9.69. The van der Waals surface area contributed by atoms with Crippen LogP contribution in [0.4, 0.5) is 0 Å². The Kier molecular flexibility index (Phi) is 11.8. The summed E-state index contributed by atoms with van der Waals surface area (Å²) < 4.78 is 5.10. The van der Waals surface area contributed by atoms with Gasteiger partial charge in [-0.25, -0.2) is 0 Å². The van der Waals surface area contributed by atoms with Crippen molar-refractivity contribution >= 4 is 5.96 Å². The van der Waals surface area contributed by atoms with Crippen molar-refractivity contribution in [2.45, 2.75) is 26.3 Å². The lowest BCUT2D eigenvalue weighted by Gasteiger charge is -2.35. The van der Waals surface area contributed by atoms with Crippen LogP contribution < -0.4 is 10.6 Å². The molecule has 1 unspecified atom stereocenters. The third kappa shape index (κ3) is 9.99. The fraction of sp³-hybridized carbons (Fsp3) is 0.944. The number of methoxy groups -OCH3 is 1. The number of aliphatic imine (C=N–C) groups is 1. The zero-order valence-corrected chi connectivity index (χ0v) is 17.1. The van der Waals surface area contributed by atoms with Gasteiger partial charge in [-0.1, -0.05) is 0 Å². The second kappa shape index (κ2) is 13.3. The highest BCUT2D eigenvalue weighted by molar-refractivity contribution is 5.79. The maximum absolute atomic E-state index is 5.10. The van der Waals surface area contributed by atoms with Crippen LogP contribution in [0.15, 0.2) is 4.99 Å². The van der Waals surface area contributed by atoms with Crippen LogP contribution in [-0.2, 0) is 4.74 Å². The predicted octanol–water partition coefficient (Wildman–Crippen LogP) is 0.146. The molecule has 2 N–H and O–H groups in total. The first-order chi connectivity index (χ1) is 12.1. The van der Waals surface area contributed by atoms with E-state index in [9.17, 15) is 0 Å². The van der Waals surface area contributed by atoms with Crippen LogP contribution >= 0.6 is 0 Å². The van der Waals surface area contributed by atoms with Gasteiger partial charge in [-0.2, -0.15) is 0 Å². The Balaban J connectivity index is 2.30. The molecule has 0 aliphatic carbocycles. The number of nitrogens with one attached hydrogen (secondary N) is 2. The Labute approximate surface area is 154 Å². The fourth-order valence-electron chi connectivity index (χ4n) is 2.90. The molecular formula is C18H40N6O. The number of rotatable bonds is 11. The maximum atomic E-state index is 5.10. The standard InChI is InChI=1S/C18H40N6O/c1-6-19-18(20-8-10-22(3)9-7-15-25-5)21-16-17(2)24-13-11-23(4)12-14-24/h17H,6-16H2,1-5H3,(H2,19,20,21). The van der Waals surface area contributed by atoms with Gasteiger partial charge in [0.1, 0.15) is 0 Å². The molecule has 0 radical (unpaired) electrons. The summed E-state index contributed by atoms with van der Waals surface area (Å²) in [5.74, 6) is 0.925. The Morgan fingerprint density at radius 3 is 2.56 bits per heavy atom. The molecule has 25 heavy (non-hydrogen) atoms. The van der Waals surface area contributed by atoms with Gasteiger partial charge >= 0.3 is 0 Å². The number of ether oxygens (including phenoxy) is 1. The first-order valence-corrected chi connectivity index (χ1v) is 9.69. The van der Waals surface area contributed by atoms with Gasteiger partial charge in [0.25, 0.3) is 0 Å². The van der Waals surface area contributed by atoms with Gasteiger partial charge in [0.15, 0.2) is 5.96 Å². The summed E-state index contributed by atoms with van der Waals surface area (Å²) in [5, 5.41) is 6.79. The Morgan fingerprint density at radius 2 is 1.92 bits per heavy atom. The number of hydrogen-bond acceptors (Lipinski definition) is 5. The molecule has 1 saturated heterocycles. The molecule has 0 aromatic carbocycles. The highest BCUT2D eigenvalue weighted by atomic mass is 16.5. The van der Waals surface area contributed by atoms with E-state index in [2.05, 4.69) is 53.3 Å². The number of likely N-dealkylation sites (N-methyl/N-ethyl adjacent to an activating group) is 2. The van der Waals surface area contributed by atoms with E-state index in [1.54, 1.807) is 7.11 Å². The summed E-state index contributed by atoms with van der Waals surface area (Å²) in [6.07, 6.45) is 1.07. The van der Waals surface area contributed by atoms with E-state index in [-0.39, 0.29) is 0 Å². The lowest BCUT2D eigenvalue weighted by Crippen LogP contribution is -2.49. The monoisotopic (exact) mass is 356 g/mol. The van der Waals surface area contributed by atoms with Crippen molar-refractivity contribution in [3.8, 4) is 0 Å². The summed E-state index contributed by atoms with van der Waals surface area (Å²) in [6.45, 7) is 14.5. The van der Waals surface area contributed by atoms with Crippen molar-refractivity contribution in [3.63, 3.8) is 0 Å². The van der Waals surface area contributed by atoms with Gasteiger partial charge in [0.05, 0.1) is 6.54 Å². The van der Waals surface area contributed by atoms with E-state index in [1.807, 2.05) is 0 Å². The van der Waals surface area contributed by atoms with Crippen molar-refractivity contribution in [2.75, 3.05) is 86.7 Å². The number of piperazine rings is 1. The van der Waals surface area contributed by atoms with Crippen LogP contribution in [0.3, 0.4) is 0 Å². The molecule has 0 spiro atoms. The third-order valence-electron chi connectivity index (χ3n) is 4.69. The average molecular weight is 357 g/mol. The molecule has 1 rings (SSSR count). The van der Waals surface area contributed by atoms with Gasteiger partial charge in [-0.3, -0.25) is 9.89 Å². The van der Waals surface area contributed by atoms with Gasteiger partial charge < -0.3 is 25.2 Å². The number of guanidine groups is 1. The number of hydrogen-bond donors (Lipinski definition) is 2. The molecule has 1 aliphatic rings. The molecule has 0 aromatic heterocycles. The molecule has 0 bridgehead atoms. The Morgan fingerprint density at radius 1 is 1.20 bits per heavy atom. The van der Waals surface area contributed by atoms with Crippen LogP contribution in [0.2, 0.25) is 0 Å². The van der Waals surface area contributed by atoms with Gasteiger partial charge in [-0.15, -0.1) is 0 Å². The largest absolute Gasteiger partial charge is 0.385 e. The zero-order chi connectivity index (χ0) is 18.5. The van der Waals surface area contributed by atoms with E-state index >= 15 is 0 Å². The molecule has 1 fully saturated rings. The van der Waals surface area contributed by atoms with Crippen LogP contribution in [0.1, 0.15) is 20.3 Å². The van der Waals surface area contributed by atoms with E-state index in [0.29, 0.717) is 6.04 Å². The molecule has 1 atom stereocenters. The zero-order valence-electron chi connectivity index (χ0n) is 17.1. The number of nitrogens with zero attached hydrogens (tertiary/aromatic N) is 4. The molecule has 1 aliphatic heterocycles. The molecule has 0 saturated carbocycles. The van der Waals surface area contributed by atoms with Crippen molar-refractivity contribution in [1.82, 2.24) is 25.3 Å². The minimum Gasteiger partial charge on any atom is -0.385 e. The van der Waals surface area contributed by atoms with Crippen LogP contribution in [0.25, 0.3) is 0 Å².